The molecular formula is C16H27+. The van der Waals surface area contributed by atoms with E-state index >= 15 is 0 Å². The molecule has 0 radical (unpaired) electrons. The Hall–Kier alpha value is -0.130. The van der Waals surface area contributed by atoms with Crippen molar-refractivity contribution < 1.29 is 0 Å². The van der Waals surface area contributed by atoms with Gasteiger partial charge in [-0.25, -0.2) is 0 Å². The average Bonchev–Trinajstić information content (AvgIpc) is 2.34. The van der Waals surface area contributed by atoms with Crippen LogP contribution in [0.2, 0.25) is 0 Å². The van der Waals surface area contributed by atoms with Gasteiger partial charge in [-0.3, -0.25) is 0 Å². The molecule has 4 saturated carbocycles. The summed E-state index contributed by atoms with van der Waals surface area (Å²) in [5, 5.41) is 0. The van der Waals surface area contributed by atoms with Gasteiger partial charge in [0.05, 0.1) is 19.3 Å². The molecule has 0 aromatic heterocycles. The van der Waals surface area contributed by atoms with Gasteiger partial charge in [-0.1, -0.05) is 20.8 Å². The van der Waals surface area contributed by atoms with Crippen molar-refractivity contribution in [1.82, 2.24) is 0 Å². The van der Waals surface area contributed by atoms with Gasteiger partial charge < -0.3 is 0 Å². The molecule has 0 N–H and O–H groups in total. The van der Waals surface area contributed by atoms with E-state index in [0.717, 1.165) is 29.6 Å². The second kappa shape index (κ2) is 3.43. The van der Waals surface area contributed by atoms with Crippen molar-refractivity contribution in [2.45, 2.75) is 59.8 Å². The second-order valence-corrected chi connectivity index (χ2v) is 7.57. The molecule has 0 saturated heterocycles. The SMILES string of the molecule is C[C+]1C[C@H]2[C@@H](C(C)C)C[C@@]3(C)C[C@@H]1CC[C@@H]23. The highest BCUT2D eigenvalue weighted by atomic mass is 14.6. The highest BCUT2D eigenvalue weighted by Gasteiger charge is 2.60. The van der Waals surface area contributed by atoms with Crippen LogP contribution >= 0.6 is 0 Å². The van der Waals surface area contributed by atoms with Crippen molar-refractivity contribution in [1.29, 1.82) is 0 Å². The maximum Gasteiger partial charge on any atom is 0.100 e. The van der Waals surface area contributed by atoms with Crippen LogP contribution in [0.15, 0.2) is 0 Å². The third-order valence-electron chi connectivity index (χ3n) is 6.31. The first-order valence-electron chi connectivity index (χ1n) is 7.33. The molecule has 90 valence electrons. The molecule has 4 aliphatic carbocycles. The summed E-state index contributed by atoms with van der Waals surface area (Å²) in [5.74, 6) is 6.85. The molecule has 0 aromatic rings. The fourth-order valence-electron chi connectivity index (χ4n) is 5.48. The van der Waals surface area contributed by atoms with Gasteiger partial charge in [-0.2, -0.15) is 0 Å². The molecule has 0 aliphatic heterocycles. The number of hydrogen-bond donors (Lipinski definition) is 0. The van der Waals surface area contributed by atoms with E-state index in [2.05, 4.69) is 27.7 Å². The van der Waals surface area contributed by atoms with Crippen molar-refractivity contribution in [3.05, 3.63) is 5.92 Å². The van der Waals surface area contributed by atoms with Crippen LogP contribution in [0.25, 0.3) is 0 Å². The van der Waals surface area contributed by atoms with Gasteiger partial charge in [0, 0.05) is 5.92 Å². The lowest BCUT2D eigenvalue weighted by atomic mass is 9.65. The van der Waals surface area contributed by atoms with Crippen LogP contribution in [0.1, 0.15) is 59.8 Å². The first-order chi connectivity index (χ1) is 7.51. The van der Waals surface area contributed by atoms with Crippen LogP contribution < -0.4 is 0 Å². The number of fused-ring (bicyclic) bond motifs is 2. The van der Waals surface area contributed by atoms with Crippen LogP contribution in [0.4, 0.5) is 0 Å². The Morgan fingerprint density at radius 3 is 2.62 bits per heavy atom. The van der Waals surface area contributed by atoms with E-state index in [1.807, 2.05) is 5.92 Å². The molecular weight excluding hydrogens is 192 g/mol. The fraction of sp³-hybridized carbons (Fsp3) is 0.938. The quantitative estimate of drug-likeness (QED) is 0.561. The van der Waals surface area contributed by atoms with Crippen molar-refractivity contribution in [2.24, 2.45) is 35.0 Å². The first-order valence-corrected chi connectivity index (χ1v) is 7.33. The van der Waals surface area contributed by atoms with Gasteiger partial charge in [-0.05, 0) is 48.9 Å². The van der Waals surface area contributed by atoms with E-state index in [1.54, 1.807) is 0 Å². The molecule has 4 aliphatic rings. The van der Waals surface area contributed by atoms with Crippen LogP contribution in [0.5, 0.6) is 0 Å². The average molecular weight is 219 g/mol. The molecule has 16 heavy (non-hydrogen) atoms. The van der Waals surface area contributed by atoms with Gasteiger partial charge >= 0.3 is 0 Å². The molecule has 0 amide bonds. The van der Waals surface area contributed by atoms with Crippen LogP contribution in [0, 0.1) is 40.9 Å². The monoisotopic (exact) mass is 219 g/mol. The normalized spacial score (nSPS) is 51.2. The van der Waals surface area contributed by atoms with Gasteiger partial charge in [-0.15, -0.1) is 0 Å². The Labute approximate surface area is 101 Å². The Balaban J connectivity index is 1.95. The molecule has 0 nitrogen and oxygen atoms in total. The summed E-state index contributed by atoms with van der Waals surface area (Å²) in [6, 6.07) is 0. The zero-order valence-corrected chi connectivity index (χ0v) is 11.4. The molecule has 4 rings (SSSR count). The topological polar surface area (TPSA) is 0 Å². The van der Waals surface area contributed by atoms with Crippen molar-refractivity contribution >= 4 is 0 Å². The van der Waals surface area contributed by atoms with Crippen molar-refractivity contribution in [2.75, 3.05) is 0 Å². The van der Waals surface area contributed by atoms with E-state index in [1.165, 1.54) is 32.1 Å². The van der Waals surface area contributed by atoms with Crippen LogP contribution in [-0.2, 0) is 0 Å². The molecule has 4 bridgehead atoms. The third kappa shape index (κ3) is 1.38. The lowest BCUT2D eigenvalue weighted by molar-refractivity contribution is 0.114. The minimum atomic E-state index is 0.709. The van der Waals surface area contributed by atoms with Gasteiger partial charge in [0.2, 0.25) is 0 Å². The smallest absolute Gasteiger partial charge is 0.0625 e. The second-order valence-electron chi connectivity index (χ2n) is 7.57. The van der Waals surface area contributed by atoms with E-state index in [-0.39, 0.29) is 0 Å². The van der Waals surface area contributed by atoms with Crippen molar-refractivity contribution in [3.8, 4) is 0 Å². The maximum absolute atomic E-state index is 2.61. The largest absolute Gasteiger partial charge is 0.100 e. The van der Waals surface area contributed by atoms with E-state index in [9.17, 15) is 0 Å². The highest BCUT2D eigenvalue weighted by Crippen LogP contribution is 2.65. The Bertz CT molecular complexity index is 280. The lowest BCUT2D eigenvalue weighted by Crippen LogP contribution is -2.30. The summed E-state index contributed by atoms with van der Waals surface area (Å²) < 4.78 is 0. The molecule has 0 heterocycles. The third-order valence-corrected chi connectivity index (χ3v) is 6.31. The Morgan fingerprint density at radius 1 is 1.19 bits per heavy atom. The molecule has 0 aromatic carbocycles. The molecule has 5 atom stereocenters. The molecule has 4 fully saturated rings. The van der Waals surface area contributed by atoms with Crippen LogP contribution in [0.3, 0.4) is 0 Å². The highest BCUT2D eigenvalue weighted by molar-refractivity contribution is 5.13. The summed E-state index contributed by atoms with van der Waals surface area (Å²) >= 11 is 0. The summed E-state index contributed by atoms with van der Waals surface area (Å²) in [6.45, 7) is 9.96. The Kier molecular flexibility index (Phi) is 2.36. The van der Waals surface area contributed by atoms with Gasteiger partial charge in [0.1, 0.15) is 5.92 Å². The van der Waals surface area contributed by atoms with E-state index in [4.69, 9.17) is 0 Å². The van der Waals surface area contributed by atoms with Crippen LogP contribution in [-0.4, -0.2) is 0 Å². The molecule has 0 spiro atoms. The van der Waals surface area contributed by atoms with E-state index < -0.39 is 0 Å². The van der Waals surface area contributed by atoms with Gasteiger partial charge in [0.15, 0.2) is 0 Å². The first kappa shape index (κ1) is 11.0. The summed E-state index contributed by atoms with van der Waals surface area (Å²) in [4.78, 5) is 0. The molecule has 0 heteroatoms. The minimum absolute atomic E-state index is 0.709. The summed E-state index contributed by atoms with van der Waals surface area (Å²) in [6.07, 6.45) is 7.56. The summed E-state index contributed by atoms with van der Waals surface area (Å²) in [7, 11) is 0. The zero-order chi connectivity index (χ0) is 11.5. The standard InChI is InChI=1S/C16H27/c1-10(2)14-9-16(4)8-12-5-6-15(16)13(14)7-11(12)3/h10,12-15H,5-9H2,1-4H3/q+1/t12-,13-,14+,15-,16+/m0/s1. The van der Waals surface area contributed by atoms with Gasteiger partial charge in [0.25, 0.3) is 0 Å². The zero-order valence-electron chi connectivity index (χ0n) is 11.4. The molecule has 0 unspecified atom stereocenters. The van der Waals surface area contributed by atoms with Crippen molar-refractivity contribution in [3.63, 3.8) is 0 Å². The Morgan fingerprint density at radius 2 is 1.94 bits per heavy atom. The predicted octanol–water partition coefficient (Wildman–Crippen LogP) is 4.70. The van der Waals surface area contributed by atoms with E-state index in [0.29, 0.717) is 5.41 Å². The number of hydrogen-bond acceptors (Lipinski definition) is 0. The minimum Gasteiger partial charge on any atom is -0.0625 e. The number of rotatable bonds is 1. The predicted molar refractivity (Wildman–Crippen MR) is 68.9 cm³/mol. The fourth-order valence-corrected chi connectivity index (χ4v) is 5.48. The maximum atomic E-state index is 2.61. The summed E-state index contributed by atoms with van der Waals surface area (Å²) in [5.41, 5.74) is 0.709. The lowest BCUT2D eigenvalue weighted by Gasteiger charge is -2.37.